The Morgan fingerprint density at radius 3 is 2.08 bits per heavy atom. The van der Waals surface area contributed by atoms with Gasteiger partial charge in [0.25, 0.3) is 0 Å². The number of esters is 2. The molecule has 0 saturated heterocycles. The normalized spacial score (nSPS) is 15.3. The van der Waals surface area contributed by atoms with Gasteiger partial charge in [-0.1, -0.05) is 93.6 Å². The summed E-state index contributed by atoms with van der Waals surface area (Å²) in [6.07, 6.45) is 4.47. The maximum absolute atomic E-state index is 13.3. The monoisotopic (exact) mass is 568 g/mol. The van der Waals surface area contributed by atoms with Crippen LogP contribution in [0.25, 0.3) is 0 Å². The highest BCUT2D eigenvalue weighted by Gasteiger charge is 2.38. The second-order valence-corrected chi connectivity index (χ2v) is 16.6. The van der Waals surface area contributed by atoms with Gasteiger partial charge in [0.2, 0.25) is 6.10 Å². The number of hydrogen-bond acceptors (Lipinski definition) is 6. The number of allylic oxidation sites excluding steroid dienone is 1. The van der Waals surface area contributed by atoms with Crippen molar-refractivity contribution in [1.82, 2.24) is 0 Å². The summed E-state index contributed by atoms with van der Waals surface area (Å²) in [7, 11) is -1.81. The molecule has 220 valence electrons. The number of carbonyl (C=O) groups excluding carboxylic acids is 2. The van der Waals surface area contributed by atoms with Crippen LogP contribution in [0.1, 0.15) is 78.0 Å². The van der Waals surface area contributed by atoms with Crippen molar-refractivity contribution in [3.63, 3.8) is 0 Å². The van der Waals surface area contributed by atoms with Gasteiger partial charge in [-0.2, -0.15) is 0 Å². The van der Waals surface area contributed by atoms with Crippen molar-refractivity contribution >= 4 is 20.3 Å². The lowest BCUT2D eigenvalue weighted by Gasteiger charge is -2.38. The first-order valence-corrected chi connectivity index (χ1v) is 17.1. The van der Waals surface area contributed by atoms with E-state index in [1.807, 2.05) is 49.4 Å². The fraction of sp³-hybridized carbons (Fsp3) is 0.515. The third kappa shape index (κ3) is 11.4. The van der Waals surface area contributed by atoms with Crippen LogP contribution in [0, 0.1) is 0 Å². The minimum absolute atomic E-state index is 0.169. The number of rotatable bonds is 15. The lowest BCUT2D eigenvalue weighted by atomic mass is 10.1. The van der Waals surface area contributed by atoms with Gasteiger partial charge >= 0.3 is 11.9 Å². The molecule has 0 aliphatic rings. The molecule has 0 N–H and O–H groups in total. The van der Waals surface area contributed by atoms with E-state index < -0.39 is 32.5 Å². The third-order valence-electron chi connectivity index (χ3n) is 7.32. The highest BCUT2D eigenvalue weighted by atomic mass is 28.4. The van der Waals surface area contributed by atoms with Crippen molar-refractivity contribution in [2.75, 3.05) is 0 Å². The van der Waals surface area contributed by atoms with Crippen molar-refractivity contribution in [3.8, 4) is 0 Å². The molecule has 2 aromatic carbocycles. The van der Waals surface area contributed by atoms with E-state index in [1.165, 1.54) is 6.92 Å². The van der Waals surface area contributed by atoms with E-state index >= 15 is 0 Å². The smallest absolute Gasteiger partial charge is 0.352 e. The van der Waals surface area contributed by atoms with E-state index in [0.717, 1.165) is 18.4 Å². The Hall–Kier alpha value is -2.74. The fourth-order valence-corrected chi connectivity index (χ4v) is 5.40. The second-order valence-electron chi connectivity index (χ2n) is 11.9. The van der Waals surface area contributed by atoms with Gasteiger partial charge in [-0.05, 0) is 50.4 Å². The SMILES string of the molecule is CC(=O)O[C@@H](C(=O)O[C@@H](C/C=C/CC[C@@H](C)O[Si](C)(C)C(C)(C)C)[C@@H](C)OCc1ccccc1)c1ccccc1. The van der Waals surface area contributed by atoms with E-state index in [-0.39, 0.29) is 17.2 Å². The van der Waals surface area contributed by atoms with E-state index in [1.54, 1.807) is 24.3 Å². The Morgan fingerprint density at radius 1 is 0.900 bits per heavy atom. The molecule has 0 aliphatic heterocycles. The van der Waals surface area contributed by atoms with Crippen LogP contribution in [-0.2, 0) is 34.8 Å². The van der Waals surface area contributed by atoms with E-state index in [0.29, 0.717) is 18.6 Å². The van der Waals surface area contributed by atoms with Crippen LogP contribution in [-0.4, -0.2) is 38.6 Å². The molecule has 0 aliphatic carbocycles. The van der Waals surface area contributed by atoms with E-state index in [9.17, 15) is 9.59 Å². The molecule has 0 heterocycles. The van der Waals surface area contributed by atoms with E-state index in [4.69, 9.17) is 18.6 Å². The van der Waals surface area contributed by atoms with Crippen LogP contribution in [0.15, 0.2) is 72.8 Å². The standard InChI is InChI=1S/C33H48O6Si/c1-25(39-40(7,8)33(4,5)6)18-12-9-17-23-30(26(2)36-24-28-19-13-10-14-20-28)38-32(35)31(37-27(3)34)29-21-15-11-16-22-29/h9-11,13-17,19-22,25-26,30-31H,12,18,23-24H2,1-8H3/b17-9+/t25-,26-,30+,31-/m1/s1. The maximum Gasteiger partial charge on any atom is 0.352 e. The molecule has 0 spiro atoms. The molecule has 0 saturated carbocycles. The molecule has 2 rings (SSSR count). The van der Waals surface area contributed by atoms with Gasteiger partial charge in [-0.15, -0.1) is 0 Å². The summed E-state index contributed by atoms with van der Waals surface area (Å²) >= 11 is 0. The van der Waals surface area contributed by atoms with Gasteiger partial charge in [-0.25, -0.2) is 4.79 Å². The summed E-state index contributed by atoms with van der Waals surface area (Å²) in [6, 6.07) is 18.8. The third-order valence-corrected chi connectivity index (χ3v) is 11.9. The van der Waals surface area contributed by atoms with Crippen molar-refractivity contribution in [2.24, 2.45) is 0 Å². The lowest BCUT2D eigenvalue weighted by Crippen LogP contribution is -2.43. The molecule has 0 unspecified atom stereocenters. The van der Waals surface area contributed by atoms with Gasteiger partial charge in [-0.3, -0.25) is 4.79 Å². The highest BCUT2D eigenvalue weighted by Crippen LogP contribution is 2.37. The molecule has 0 bridgehead atoms. The molecule has 0 fully saturated rings. The van der Waals surface area contributed by atoms with Gasteiger partial charge in [0.15, 0.2) is 8.32 Å². The Morgan fingerprint density at radius 2 is 1.50 bits per heavy atom. The fourth-order valence-electron chi connectivity index (χ4n) is 3.92. The van der Waals surface area contributed by atoms with Crippen LogP contribution in [0.5, 0.6) is 0 Å². The summed E-state index contributed by atoms with van der Waals surface area (Å²) in [4.78, 5) is 25.0. The summed E-state index contributed by atoms with van der Waals surface area (Å²) in [6.45, 7) is 17.0. The van der Waals surface area contributed by atoms with Crippen LogP contribution in [0.4, 0.5) is 0 Å². The van der Waals surface area contributed by atoms with Gasteiger partial charge in [0.05, 0.1) is 12.7 Å². The summed E-state index contributed by atoms with van der Waals surface area (Å²) in [5.74, 6) is -1.17. The molecular weight excluding hydrogens is 520 g/mol. The average molecular weight is 569 g/mol. The van der Waals surface area contributed by atoms with E-state index in [2.05, 4.69) is 46.9 Å². The summed E-state index contributed by atoms with van der Waals surface area (Å²) < 4.78 is 23.9. The number of hydrogen-bond donors (Lipinski definition) is 0. The molecule has 4 atom stereocenters. The molecule has 6 nitrogen and oxygen atoms in total. The molecule has 0 aromatic heterocycles. The molecule has 2 aromatic rings. The largest absolute Gasteiger partial charge is 0.456 e. The zero-order valence-electron chi connectivity index (χ0n) is 25.5. The molecule has 7 heteroatoms. The zero-order valence-corrected chi connectivity index (χ0v) is 26.5. The van der Waals surface area contributed by atoms with Gasteiger partial charge in [0.1, 0.15) is 6.10 Å². The molecular formula is C33H48O6Si. The molecule has 40 heavy (non-hydrogen) atoms. The topological polar surface area (TPSA) is 71.1 Å². The van der Waals surface area contributed by atoms with Gasteiger partial charge < -0.3 is 18.6 Å². The minimum Gasteiger partial charge on any atom is -0.456 e. The number of ether oxygens (including phenoxy) is 3. The Balaban J connectivity index is 2.06. The first-order chi connectivity index (χ1) is 18.8. The van der Waals surface area contributed by atoms with Crippen LogP contribution in [0.3, 0.4) is 0 Å². The Kier molecular flexibility index (Phi) is 13.3. The van der Waals surface area contributed by atoms with Crippen molar-refractivity contribution < 1.29 is 28.2 Å². The highest BCUT2D eigenvalue weighted by molar-refractivity contribution is 6.74. The second kappa shape index (κ2) is 15.9. The molecule has 0 amide bonds. The zero-order chi connectivity index (χ0) is 29.8. The first-order valence-electron chi connectivity index (χ1n) is 14.2. The van der Waals surface area contributed by atoms with Crippen molar-refractivity contribution in [2.45, 2.75) is 110 Å². The maximum atomic E-state index is 13.3. The predicted molar refractivity (Wildman–Crippen MR) is 162 cm³/mol. The minimum atomic E-state index is -1.81. The number of benzene rings is 2. The first kappa shape index (κ1) is 33.5. The van der Waals surface area contributed by atoms with Crippen LogP contribution < -0.4 is 0 Å². The Labute approximate surface area is 242 Å². The van der Waals surface area contributed by atoms with Crippen LogP contribution >= 0.6 is 0 Å². The summed E-state index contributed by atoms with van der Waals surface area (Å²) in [5.41, 5.74) is 1.60. The predicted octanol–water partition coefficient (Wildman–Crippen LogP) is 7.94. The molecule has 0 radical (unpaired) electrons. The van der Waals surface area contributed by atoms with Gasteiger partial charge in [0, 0.05) is 25.0 Å². The Bertz CT molecular complexity index is 1060. The van der Waals surface area contributed by atoms with Crippen molar-refractivity contribution in [1.29, 1.82) is 0 Å². The number of carbonyl (C=O) groups is 2. The lowest BCUT2D eigenvalue weighted by molar-refractivity contribution is -0.176. The quantitative estimate of drug-likeness (QED) is 0.123. The average Bonchev–Trinajstić information content (AvgIpc) is 2.89. The summed E-state index contributed by atoms with van der Waals surface area (Å²) in [5, 5.41) is 0.174. The van der Waals surface area contributed by atoms with Crippen molar-refractivity contribution in [3.05, 3.63) is 83.9 Å². The van der Waals surface area contributed by atoms with Crippen LogP contribution in [0.2, 0.25) is 18.1 Å².